The largest absolute Gasteiger partial charge is 0.352 e. The first-order valence-corrected chi connectivity index (χ1v) is 8.36. The average molecular weight is 388 g/mol. The predicted octanol–water partition coefficient (Wildman–Crippen LogP) is 3.21. The molecule has 1 amide bonds. The second-order valence-electron chi connectivity index (χ2n) is 7.30. The first-order chi connectivity index (χ1) is 10.8. The van der Waals surface area contributed by atoms with Gasteiger partial charge in [0.2, 0.25) is 5.91 Å². The van der Waals surface area contributed by atoms with E-state index >= 15 is 0 Å². The summed E-state index contributed by atoms with van der Waals surface area (Å²) in [6.07, 6.45) is 2.96. The van der Waals surface area contributed by atoms with E-state index in [-0.39, 0.29) is 41.8 Å². The number of halogens is 2. The van der Waals surface area contributed by atoms with Gasteiger partial charge in [0.25, 0.3) is 0 Å². The molecule has 25 heavy (non-hydrogen) atoms. The Balaban J connectivity index is 0.00000288. The van der Waals surface area contributed by atoms with Gasteiger partial charge in [-0.3, -0.25) is 10.1 Å². The van der Waals surface area contributed by atoms with Gasteiger partial charge in [-0.05, 0) is 46.2 Å². The number of carbonyl (C=O) groups is 1. The fraction of sp³-hybridized carbons (Fsp3) is 0.526. The third-order valence-corrected chi connectivity index (χ3v) is 4.05. The van der Waals surface area contributed by atoms with Gasteiger partial charge in [0.1, 0.15) is 0 Å². The summed E-state index contributed by atoms with van der Waals surface area (Å²) in [5.74, 6) is 0.0381. The maximum absolute atomic E-state index is 12.4. The number of hydrogen-bond donors (Lipinski definition) is 3. The summed E-state index contributed by atoms with van der Waals surface area (Å²) in [5.41, 5.74) is 1.70. The molecule has 1 aromatic rings. The van der Waals surface area contributed by atoms with Gasteiger partial charge in [-0.25, -0.2) is 0 Å². The lowest BCUT2D eigenvalue weighted by Gasteiger charge is -2.27. The molecule has 1 heterocycles. The number of benzene rings is 1. The van der Waals surface area contributed by atoms with Crippen molar-refractivity contribution in [2.24, 2.45) is 0 Å². The smallest absolute Gasteiger partial charge is 0.248 e. The Morgan fingerprint density at radius 1 is 1.04 bits per heavy atom. The fourth-order valence-corrected chi connectivity index (χ4v) is 3.14. The summed E-state index contributed by atoms with van der Waals surface area (Å²) < 4.78 is 0. The van der Waals surface area contributed by atoms with E-state index in [0.29, 0.717) is 6.54 Å². The Hall–Kier alpha value is -1.07. The van der Waals surface area contributed by atoms with E-state index in [1.165, 1.54) is 5.56 Å². The van der Waals surface area contributed by atoms with Crippen LogP contribution in [0.1, 0.15) is 39.7 Å². The molecule has 0 aromatic heterocycles. The van der Waals surface area contributed by atoms with Crippen molar-refractivity contribution in [1.82, 2.24) is 16.0 Å². The van der Waals surface area contributed by atoms with Crippen LogP contribution in [0.25, 0.3) is 0 Å². The highest BCUT2D eigenvalue weighted by Crippen LogP contribution is 2.29. The van der Waals surface area contributed by atoms with Gasteiger partial charge in [-0.2, -0.15) is 0 Å². The summed E-state index contributed by atoms with van der Waals surface area (Å²) in [6.45, 7) is 10.7. The molecule has 0 aliphatic carbocycles. The van der Waals surface area contributed by atoms with Crippen molar-refractivity contribution in [2.45, 2.75) is 51.7 Å². The van der Waals surface area contributed by atoms with Crippen LogP contribution in [0.5, 0.6) is 0 Å². The molecule has 1 aliphatic heterocycles. The summed E-state index contributed by atoms with van der Waals surface area (Å²) in [5, 5.41) is 9.89. The topological polar surface area (TPSA) is 53.2 Å². The van der Waals surface area contributed by atoms with Crippen molar-refractivity contribution < 1.29 is 4.79 Å². The quantitative estimate of drug-likeness (QED) is 0.629. The van der Waals surface area contributed by atoms with Gasteiger partial charge in [0.05, 0.1) is 0 Å². The lowest BCUT2D eigenvalue weighted by Crippen LogP contribution is -2.47. The SMILES string of the molecule is CC1(C)C=C(C(=O)NCCCNCc2ccccc2)C(C)(C)N1.Cl.Cl. The summed E-state index contributed by atoms with van der Waals surface area (Å²) in [6, 6.07) is 10.3. The van der Waals surface area contributed by atoms with Gasteiger partial charge in [0.15, 0.2) is 0 Å². The Morgan fingerprint density at radius 2 is 1.68 bits per heavy atom. The molecule has 0 radical (unpaired) electrons. The minimum Gasteiger partial charge on any atom is -0.352 e. The van der Waals surface area contributed by atoms with Gasteiger partial charge in [-0.1, -0.05) is 36.4 Å². The molecule has 142 valence electrons. The van der Waals surface area contributed by atoms with Crippen LogP contribution in [0, 0.1) is 0 Å². The Morgan fingerprint density at radius 3 is 2.24 bits per heavy atom. The summed E-state index contributed by atoms with van der Waals surface area (Å²) in [4.78, 5) is 12.4. The van der Waals surface area contributed by atoms with E-state index in [1.807, 2.05) is 24.3 Å². The van der Waals surface area contributed by atoms with Gasteiger partial charge in [0, 0.05) is 29.7 Å². The van der Waals surface area contributed by atoms with Gasteiger partial charge < -0.3 is 10.6 Å². The van der Waals surface area contributed by atoms with E-state index in [2.05, 4.69) is 55.8 Å². The van der Waals surface area contributed by atoms with Gasteiger partial charge in [-0.15, -0.1) is 24.8 Å². The van der Waals surface area contributed by atoms with Crippen LogP contribution in [0.15, 0.2) is 42.0 Å². The number of amides is 1. The van der Waals surface area contributed by atoms with Crippen LogP contribution >= 0.6 is 24.8 Å². The summed E-state index contributed by atoms with van der Waals surface area (Å²) in [7, 11) is 0. The third-order valence-electron chi connectivity index (χ3n) is 4.05. The maximum Gasteiger partial charge on any atom is 0.248 e. The van der Waals surface area contributed by atoms with Crippen molar-refractivity contribution in [3.05, 3.63) is 47.5 Å². The van der Waals surface area contributed by atoms with Crippen molar-refractivity contribution in [3.8, 4) is 0 Å². The number of carbonyl (C=O) groups excluding carboxylic acids is 1. The molecule has 0 unspecified atom stereocenters. The normalized spacial score (nSPS) is 17.0. The maximum atomic E-state index is 12.4. The summed E-state index contributed by atoms with van der Waals surface area (Å²) >= 11 is 0. The van der Waals surface area contributed by atoms with Crippen LogP contribution in [0.4, 0.5) is 0 Å². The molecular weight excluding hydrogens is 357 g/mol. The Bertz CT molecular complexity index is 571. The first-order valence-electron chi connectivity index (χ1n) is 8.36. The first kappa shape index (κ1) is 23.9. The molecule has 0 spiro atoms. The molecule has 4 nitrogen and oxygen atoms in total. The Labute approximate surface area is 164 Å². The van der Waals surface area contributed by atoms with Crippen LogP contribution < -0.4 is 16.0 Å². The van der Waals surface area contributed by atoms with Crippen LogP contribution in [-0.2, 0) is 11.3 Å². The second kappa shape index (κ2) is 10.2. The standard InChI is InChI=1S/C19H29N3O.2ClH/c1-18(2)13-16(19(3,4)22-18)17(23)21-12-8-11-20-14-15-9-6-5-7-10-15;;/h5-7,9-10,13,20,22H,8,11-12,14H2,1-4H3,(H,21,23);2*1H. The van der Waals surface area contributed by atoms with E-state index in [0.717, 1.165) is 25.1 Å². The molecular formula is C19H31Cl2N3O. The molecule has 2 rings (SSSR count). The highest BCUT2D eigenvalue weighted by atomic mass is 35.5. The number of rotatable bonds is 7. The zero-order valence-corrected chi connectivity index (χ0v) is 17.2. The molecule has 3 N–H and O–H groups in total. The molecule has 0 saturated carbocycles. The highest BCUT2D eigenvalue weighted by molar-refractivity contribution is 5.96. The third kappa shape index (κ3) is 7.37. The van der Waals surface area contributed by atoms with E-state index < -0.39 is 0 Å². The lowest BCUT2D eigenvalue weighted by atomic mass is 9.96. The van der Waals surface area contributed by atoms with Crippen molar-refractivity contribution in [3.63, 3.8) is 0 Å². The van der Waals surface area contributed by atoms with E-state index in [4.69, 9.17) is 0 Å². The lowest BCUT2D eigenvalue weighted by molar-refractivity contribution is -0.118. The van der Waals surface area contributed by atoms with Crippen LogP contribution in [0.3, 0.4) is 0 Å². The average Bonchev–Trinajstić information content (AvgIpc) is 2.71. The minimum absolute atomic E-state index is 0. The number of nitrogens with one attached hydrogen (secondary N) is 3. The predicted molar refractivity (Wildman–Crippen MR) is 110 cm³/mol. The monoisotopic (exact) mass is 387 g/mol. The van der Waals surface area contributed by atoms with Gasteiger partial charge >= 0.3 is 0 Å². The molecule has 1 aromatic carbocycles. The zero-order valence-electron chi connectivity index (χ0n) is 15.5. The van der Waals surface area contributed by atoms with Crippen molar-refractivity contribution in [2.75, 3.05) is 13.1 Å². The van der Waals surface area contributed by atoms with E-state index in [1.54, 1.807) is 0 Å². The van der Waals surface area contributed by atoms with Crippen molar-refractivity contribution in [1.29, 1.82) is 0 Å². The molecule has 0 fully saturated rings. The molecule has 0 bridgehead atoms. The Kier molecular flexibility index (Phi) is 9.73. The van der Waals surface area contributed by atoms with Crippen LogP contribution in [0.2, 0.25) is 0 Å². The zero-order chi connectivity index (χ0) is 16.9. The number of hydrogen-bond acceptors (Lipinski definition) is 3. The highest BCUT2D eigenvalue weighted by Gasteiger charge is 2.39. The molecule has 0 atom stereocenters. The molecule has 6 heteroatoms. The van der Waals surface area contributed by atoms with Crippen LogP contribution in [-0.4, -0.2) is 30.1 Å². The molecule has 0 saturated heterocycles. The van der Waals surface area contributed by atoms with E-state index in [9.17, 15) is 4.79 Å². The second-order valence-corrected chi connectivity index (χ2v) is 7.30. The fourth-order valence-electron chi connectivity index (χ4n) is 3.14. The van der Waals surface area contributed by atoms with Crippen molar-refractivity contribution >= 4 is 30.7 Å². The minimum atomic E-state index is -0.279. The molecule has 1 aliphatic rings.